The van der Waals surface area contributed by atoms with Crippen LogP contribution in [-0.2, 0) is 9.36 Å². The van der Waals surface area contributed by atoms with Crippen molar-refractivity contribution in [2.24, 2.45) is 0 Å². The monoisotopic (exact) mass is 158 g/mol. The maximum atomic E-state index is 10.1. The van der Waals surface area contributed by atoms with Crippen LogP contribution in [0.25, 0.3) is 0 Å². The zero-order valence-electron chi connectivity index (χ0n) is 5.64. The van der Waals surface area contributed by atoms with Crippen LogP contribution in [0.2, 0.25) is 0 Å². The van der Waals surface area contributed by atoms with Gasteiger partial charge in [-0.05, 0) is 13.1 Å². The predicted molar refractivity (Wildman–Crippen MR) is 29.2 cm³/mol. The minimum Gasteiger partial charge on any atom is -0.802 e. The first-order chi connectivity index (χ1) is 3.63. The third kappa shape index (κ3) is 12.1. The number of rotatable bonds is 3. The van der Waals surface area contributed by atoms with Crippen molar-refractivity contribution in [1.82, 2.24) is 0 Å². The molecule has 0 aliphatic heterocycles. The van der Waals surface area contributed by atoms with Gasteiger partial charge in [0.25, 0.3) is 0 Å². The Bertz CT molecular complexity index is 100. The van der Waals surface area contributed by atoms with Gasteiger partial charge in [-0.15, -0.1) is 0 Å². The molecule has 0 bridgehead atoms. The van der Waals surface area contributed by atoms with Crippen molar-refractivity contribution < 1.29 is 43.8 Å². The number of hydrogen-bond donors (Lipinski definition) is 0. The van der Waals surface area contributed by atoms with E-state index in [9.17, 15) is 14.3 Å². The van der Waals surface area contributed by atoms with Crippen LogP contribution in [-0.4, -0.2) is 11.9 Å². The first-order valence-corrected chi connectivity index (χ1v) is 3.84. The van der Waals surface area contributed by atoms with E-state index in [2.05, 4.69) is 0 Å². The summed E-state index contributed by atoms with van der Waals surface area (Å²) < 4.78 is 9.83. The Labute approximate surface area is 77.0 Å². The second kappa shape index (κ2) is 6.97. The quantitative estimate of drug-likeness (QED) is 0.321. The van der Waals surface area contributed by atoms with Crippen LogP contribution >= 0.6 is 8.03 Å². The molecule has 0 aromatic rings. The molecule has 0 heterocycles. The summed E-state index contributed by atoms with van der Waals surface area (Å²) in [7, 11) is -2.65. The zero-order chi connectivity index (χ0) is 6.57. The van der Waals surface area contributed by atoms with Gasteiger partial charge in [0, 0.05) is 14.4 Å². The van der Waals surface area contributed by atoms with Gasteiger partial charge in [0.05, 0.1) is 0 Å². The van der Waals surface area contributed by atoms with Gasteiger partial charge in [-0.1, -0.05) is 0 Å². The molecule has 0 fully saturated rings. The van der Waals surface area contributed by atoms with Gasteiger partial charge in [-0.2, -0.15) is 0 Å². The van der Waals surface area contributed by atoms with Crippen molar-refractivity contribution in [3.05, 3.63) is 0 Å². The summed E-state index contributed by atoms with van der Waals surface area (Å²) in [6, 6.07) is 0. The van der Waals surface area contributed by atoms with Crippen molar-refractivity contribution in [3.63, 3.8) is 0 Å². The number of ketones is 1. The van der Waals surface area contributed by atoms with Crippen molar-refractivity contribution in [2.75, 3.05) is 6.16 Å². The average molecular weight is 158 g/mol. The Morgan fingerprint density at radius 3 is 2.22 bits per heavy atom. The van der Waals surface area contributed by atoms with Gasteiger partial charge in [0.1, 0.15) is 5.78 Å². The van der Waals surface area contributed by atoms with E-state index in [0.717, 1.165) is 0 Å². The Morgan fingerprint density at radius 2 is 2.11 bits per heavy atom. The van der Waals surface area contributed by atoms with Gasteiger partial charge in [-0.3, -0.25) is 0 Å². The van der Waals surface area contributed by atoms with Gasteiger partial charge >= 0.3 is 29.6 Å². The maximum absolute atomic E-state index is 10.1. The number of hydrogen-bond acceptors (Lipinski definition) is 3. The van der Waals surface area contributed by atoms with Crippen molar-refractivity contribution in [2.45, 2.75) is 13.3 Å². The minimum absolute atomic E-state index is 0. The van der Waals surface area contributed by atoms with Gasteiger partial charge < -0.3 is 14.3 Å². The number of carbonyl (C=O) groups excluding carboxylic acids is 1. The molecule has 0 saturated heterocycles. The fourth-order valence-corrected chi connectivity index (χ4v) is 0.834. The number of Topliss-reactive ketones (excluding diaryl/α,β-unsaturated/α-hetero) is 1. The molecule has 1 atom stereocenters. The van der Waals surface area contributed by atoms with E-state index >= 15 is 0 Å². The SMILES string of the molecule is CC(=O)CC[PH](=O)[O-].[Na+]. The molecule has 0 radical (unpaired) electrons. The third-order valence-electron chi connectivity index (χ3n) is 0.681. The second-order valence-corrected chi connectivity index (χ2v) is 2.82. The summed E-state index contributed by atoms with van der Waals surface area (Å²) in [5, 5.41) is 0. The van der Waals surface area contributed by atoms with E-state index < -0.39 is 8.03 Å². The van der Waals surface area contributed by atoms with E-state index in [4.69, 9.17) is 0 Å². The molecule has 3 nitrogen and oxygen atoms in total. The van der Waals surface area contributed by atoms with Crippen LogP contribution < -0.4 is 34.5 Å². The second-order valence-electron chi connectivity index (χ2n) is 1.57. The summed E-state index contributed by atoms with van der Waals surface area (Å²) in [6.45, 7) is 1.38. The van der Waals surface area contributed by atoms with E-state index in [1.165, 1.54) is 6.92 Å². The average Bonchev–Trinajstić information content (AvgIpc) is 1.61. The van der Waals surface area contributed by atoms with E-state index in [1.807, 2.05) is 0 Å². The van der Waals surface area contributed by atoms with Crippen LogP contribution in [0.15, 0.2) is 0 Å². The Kier molecular flexibility index (Phi) is 9.71. The predicted octanol–water partition coefficient (Wildman–Crippen LogP) is -3.20. The first kappa shape index (κ1) is 12.5. The molecule has 9 heavy (non-hydrogen) atoms. The van der Waals surface area contributed by atoms with Crippen LogP contribution in [0.4, 0.5) is 0 Å². The normalized spacial score (nSPS) is 11.8. The Balaban J connectivity index is 0. The molecule has 1 unspecified atom stereocenters. The molecular formula is C4H8NaO3P. The summed E-state index contributed by atoms with van der Waals surface area (Å²) >= 11 is 0. The Hall–Kier alpha value is 0.860. The van der Waals surface area contributed by atoms with Gasteiger partial charge in [0.2, 0.25) is 0 Å². The minimum atomic E-state index is -2.65. The summed E-state index contributed by atoms with van der Waals surface area (Å²) in [5.74, 6) is -0.0702. The van der Waals surface area contributed by atoms with E-state index in [0.29, 0.717) is 0 Å². The summed E-state index contributed by atoms with van der Waals surface area (Å²) in [4.78, 5) is 19.9. The molecule has 0 aliphatic rings. The molecule has 0 N–H and O–H groups in total. The summed E-state index contributed by atoms with van der Waals surface area (Å²) in [5.41, 5.74) is 0. The van der Waals surface area contributed by atoms with Crippen molar-refractivity contribution in [3.8, 4) is 0 Å². The van der Waals surface area contributed by atoms with Gasteiger partial charge in [-0.25, -0.2) is 0 Å². The van der Waals surface area contributed by atoms with Crippen LogP contribution in [0.5, 0.6) is 0 Å². The molecule has 0 aromatic heterocycles. The molecule has 0 aromatic carbocycles. The molecular weight excluding hydrogens is 150 g/mol. The third-order valence-corrected chi connectivity index (χ3v) is 1.34. The topological polar surface area (TPSA) is 57.2 Å². The molecule has 5 heteroatoms. The van der Waals surface area contributed by atoms with Crippen molar-refractivity contribution >= 4 is 13.8 Å². The molecule has 0 spiro atoms. The number of carbonyl (C=O) groups is 1. The molecule has 48 valence electrons. The first-order valence-electron chi connectivity index (χ1n) is 2.32. The largest absolute Gasteiger partial charge is 1.00 e. The Morgan fingerprint density at radius 1 is 1.67 bits per heavy atom. The van der Waals surface area contributed by atoms with E-state index in [1.54, 1.807) is 0 Å². The standard InChI is InChI=1S/C4H9O3P.Na/c1-4(5)2-3-8(6)7;/h8H,2-3H2,1H3,(H,6,7);/q;+1/p-1. The maximum Gasteiger partial charge on any atom is 1.00 e. The molecule has 0 saturated carbocycles. The molecule has 0 amide bonds. The van der Waals surface area contributed by atoms with Gasteiger partial charge in [0.15, 0.2) is 0 Å². The fourth-order valence-electron chi connectivity index (χ4n) is 0.278. The van der Waals surface area contributed by atoms with Crippen LogP contribution in [0.1, 0.15) is 13.3 Å². The van der Waals surface area contributed by atoms with Crippen LogP contribution in [0, 0.1) is 0 Å². The molecule has 0 aliphatic carbocycles. The smallest absolute Gasteiger partial charge is 0.802 e. The molecule has 0 rings (SSSR count). The van der Waals surface area contributed by atoms with E-state index in [-0.39, 0.29) is 47.9 Å². The fraction of sp³-hybridized carbons (Fsp3) is 0.750. The summed E-state index contributed by atoms with van der Waals surface area (Å²) in [6.07, 6.45) is 0.196. The zero-order valence-corrected chi connectivity index (χ0v) is 8.64. The van der Waals surface area contributed by atoms with Crippen LogP contribution in [0.3, 0.4) is 0 Å². The van der Waals surface area contributed by atoms with Crippen molar-refractivity contribution in [1.29, 1.82) is 0 Å².